The van der Waals surface area contributed by atoms with Gasteiger partial charge in [-0.05, 0) is 19.8 Å². The molecule has 0 unspecified atom stereocenters. The lowest BCUT2D eigenvalue weighted by molar-refractivity contribution is -0.386. The zero-order chi connectivity index (χ0) is 13.5. The van der Waals surface area contributed by atoms with Crippen LogP contribution in [0.15, 0.2) is 4.79 Å². The maximum absolute atomic E-state index is 12.0. The molecule has 1 saturated carbocycles. The number of aromatic nitrogens is 2. The van der Waals surface area contributed by atoms with Crippen molar-refractivity contribution in [2.75, 3.05) is 5.73 Å². The predicted molar refractivity (Wildman–Crippen MR) is 64.6 cm³/mol. The molecule has 1 aromatic rings. The quantitative estimate of drug-likeness (QED) is 0.538. The van der Waals surface area contributed by atoms with Gasteiger partial charge in [-0.1, -0.05) is 19.3 Å². The van der Waals surface area contributed by atoms with E-state index in [-0.39, 0.29) is 17.4 Å². The summed E-state index contributed by atoms with van der Waals surface area (Å²) in [5.74, 6) is 0. The Balaban J connectivity index is 2.58. The summed E-state index contributed by atoms with van der Waals surface area (Å²) < 4.78 is 1.93. The number of nitrogens with zero attached hydrogens (tertiary/aromatic N) is 2. The molecule has 0 aliphatic heterocycles. The van der Waals surface area contributed by atoms with Gasteiger partial charge in [0.1, 0.15) is 5.69 Å². The molecule has 0 amide bonds. The third-order valence-corrected chi connectivity index (χ3v) is 3.57. The van der Waals surface area contributed by atoms with E-state index in [1.54, 1.807) is 0 Å². The fourth-order valence-electron chi connectivity index (χ4n) is 2.67. The molecule has 0 spiro atoms. The molecule has 0 atom stereocenters. The Morgan fingerprint density at radius 2 is 1.78 bits per heavy atom. The molecule has 0 aromatic carbocycles. The number of hydrogen-bond acceptors (Lipinski definition) is 5. The molecule has 7 nitrogen and oxygen atoms in total. The largest absolute Gasteiger partial charge is 0.393 e. The van der Waals surface area contributed by atoms with Crippen LogP contribution in [0.2, 0.25) is 0 Å². The molecular weight excluding hydrogens is 238 g/mol. The van der Waals surface area contributed by atoms with E-state index in [1.165, 1.54) is 11.6 Å². The lowest BCUT2D eigenvalue weighted by Crippen LogP contribution is -2.42. The van der Waals surface area contributed by atoms with Gasteiger partial charge in [0.25, 0.3) is 5.56 Å². The van der Waals surface area contributed by atoms with Crippen molar-refractivity contribution in [1.82, 2.24) is 9.36 Å². The van der Waals surface area contributed by atoms with Gasteiger partial charge in [-0.2, -0.15) is 0 Å². The van der Waals surface area contributed by atoms with Crippen LogP contribution in [0.4, 0.5) is 5.69 Å². The van der Waals surface area contributed by atoms with Crippen LogP contribution in [-0.4, -0.2) is 24.7 Å². The summed E-state index contributed by atoms with van der Waals surface area (Å²) >= 11 is 0. The van der Waals surface area contributed by atoms with E-state index in [0.717, 1.165) is 36.8 Å². The Labute approximate surface area is 104 Å². The molecule has 18 heavy (non-hydrogen) atoms. The molecule has 0 radical (unpaired) electrons. The number of aliphatic hydroxyl groups is 3. The van der Waals surface area contributed by atoms with Crippen molar-refractivity contribution in [2.45, 2.75) is 51.2 Å². The van der Waals surface area contributed by atoms with Crippen LogP contribution in [0.1, 0.15) is 43.8 Å². The molecule has 0 saturated heterocycles. The van der Waals surface area contributed by atoms with Crippen molar-refractivity contribution in [2.24, 2.45) is 0 Å². The standard InChI is InChI=1S/C11H19N3O4/c1-7-9(12)10(15)13(14(7)11(16,17)18)8-5-3-2-4-6-8/h8,16-18H,2-6,12H2,1H3. The maximum Gasteiger partial charge on any atom is 0.387 e. The Morgan fingerprint density at radius 1 is 1.22 bits per heavy atom. The number of nitrogens with two attached hydrogens (primary N) is 1. The predicted octanol–water partition coefficient (Wildman–Crippen LogP) is -0.410. The minimum absolute atomic E-state index is 0.0675. The number of nitrogen functional groups attached to an aromatic ring is 1. The van der Waals surface area contributed by atoms with Crippen LogP contribution < -0.4 is 11.3 Å². The van der Waals surface area contributed by atoms with E-state index in [0.29, 0.717) is 0 Å². The third-order valence-electron chi connectivity index (χ3n) is 3.57. The van der Waals surface area contributed by atoms with E-state index in [2.05, 4.69) is 0 Å². The van der Waals surface area contributed by atoms with Crippen molar-refractivity contribution in [3.8, 4) is 0 Å². The van der Waals surface area contributed by atoms with Gasteiger partial charge in [0.05, 0.1) is 11.7 Å². The number of anilines is 1. The Kier molecular flexibility index (Phi) is 3.22. The van der Waals surface area contributed by atoms with Crippen molar-refractivity contribution in [3.05, 3.63) is 16.0 Å². The fourth-order valence-corrected chi connectivity index (χ4v) is 2.67. The summed E-state index contributed by atoms with van der Waals surface area (Å²) in [7, 11) is 0. The summed E-state index contributed by atoms with van der Waals surface area (Å²) in [5.41, 5.74) is 5.22. The minimum atomic E-state index is -3.11. The first kappa shape index (κ1) is 13.1. The molecule has 1 heterocycles. The first-order chi connectivity index (χ1) is 8.34. The Bertz CT molecular complexity index is 492. The second-order valence-corrected chi connectivity index (χ2v) is 4.85. The average Bonchev–Trinajstić information content (AvgIpc) is 2.54. The van der Waals surface area contributed by atoms with E-state index in [4.69, 9.17) is 5.73 Å². The highest BCUT2D eigenvalue weighted by molar-refractivity contribution is 5.41. The molecule has 5 N–H and O–H groups in total. The van der Waals surface area contributed by atoms with Gasteiger partial charge in [0.15, 0.2) is 0 Å². The third kappa shape index (κ3) is 2.05. The van der Waals surface area contributed by atoms with Gasteiger partial charge in [-0.3, -0.25) is 4.79 Å². The summed E-state index contributed by atoms with van der Waals surface area (Å²) in [6.07, 6.45) is 1.45. The lowest BCUT2D eigenvalue weighted by atomic mass is 9.96. The van der Waals surface area contributed by atoms with Crippen LogP contribution in [0.25, 0.3) is 0 Å². The zero-order valence-electron chi connectivity index (χ0n) is 10.3. The number of hydrogen-bond donors (Lipinski definition) is 4. The molecule has 1 aromatic heterocycles. The van der Waals surface area contributed by atoms with Crippen LogP contribution in [0.3, 0.4) is 0 Å². The smallest absolute Gasteiger partial charge is 0.387 e. The van der Waals surface area contributed by atoms with Crippen molar-refractivity contribution in [3.63, 3.8) is 0 Å². The topological polar surface area (TPSA) is 114 Å². The van der Waals surface area contributed by atoms with Gasteiger partial charge in [0, 0.05) is 0 Å². The van der Waals surface area contributed by atoms with Crippen LogP contribution in [0.5, 0.6) is 0 Å². The molecule has 1 aliphatic rings. The summed E-state index contributed by atoms with van der Waals surface area (Å²) in [6, 6.07) is -0.159. The van der Waals surface area contributed by atoms with E-state index in [9.17, 15) is 20.1 Å². The molecule has 1 aliphatic carbocycles. The van der Waals surface area contributed by atoms with Crippen LogP contribution in [-0.2, 0) is 6.10 Å². The summed E-state index contributed by atoms with van der Waals surface area (Å²) in [6.45, 7) is 1.47. The monoisotopic (exact) mass is 257 g/mol. The van der Waals surface area contributed by atoms with E-state index < -0.39 is 11.7 Å². The number of rotatable bonds is 2. The highest BCUT2D eigenvalue weighted by atomic mass is 16.7. The van der Waals surface area contributed by atoms with Crippen molar-refractivity contribution >= 4 is 5.69 Å². The highest BCUT2D eigenvalue weighted by Gasteiger charge is 2.33. The van der Waals surface area contributed by atoms with Gasteiger partial charge in [-0.25, -0.2) is 9.36 Å². The molecular formula is C11H19N3O4. The van der Waals surface area contributed by atoms with E-state index in [1.807, 2.05) is 0 Å². The molecule has 2 rings (SSSR count). The van der Waals surface area contributed by atoms with Gasteiger partial charge in [0.2, 0.25) is 0 Å². The normalized spacial score (nSPS) is 18.2. The molecule has 0 bridgehead atoms. The maximum atomic E-state index is 12.0. The van der Waals surface area contributed by atoms with Gasteiger partial charge in [-0.15, -0.1) is 0 Å². The second kappa shape index (κ2) is 4.42. The summed E-state index contributed by atoms with van der Waals surface area (Å²) in [4.78, 5) is 12.0. The van der Waals surface area contributed by atoms with Crippen molar-refractivity contribution < 1.29 is 15.3 Å². The Hall–Kier alpha value is -1.31. The van der Waals surface area contributed by atoms with Crippen LogP contribution in [0, 0.1) is 6.92 Å². The van der Waals surface area contributed by atoms with Gasteiger partial charge < -0.3 is 21.1 Å². The van der Waals surface area contributed by atoms with Gasteiger partial charge >= 0.3 is 6.10 Å². The molecule has 1 fully saturated rings. The van der Waals surface area contributed by atoms with E-state index >= 15 is 0 Å². The van der Waals surface area contributed by atoms with Crippen molar-refractivity contribution in [1.29, 1.82) is 0 Å². The first-order valence-electron chi connectivity index (χ1n) is 6.11. The minimum Gasteiger partial charge on any atom is -0.393 e. The lowest BCUT2D eigenvalue weighted by Gasteiger charge is -2.28. The zero-order valence-corrected chi connectivity index (χ0v) is 10.3. The average molecular weight is 257 g/mol. The Morgan fingerprint density at radius 3 is 2.28 bits per heavy atom. The summed E-state index contributed by atoms with van der Waals surface area (Å²) in [5, 5.41) is 28.1. The van der Waals surface area contributed by atoms with Crippen LogP contribution >= 0.6 is 0 Å². The first-order valence-corrected chi connectivity index (χ1v) is 6.11. The molecule has 7 heteroatoms. The second-order valence-electron chi connectivity index (χ2n) is 4.85. The molecule has 102 valence electrons. The highest BCUT2D eigenvalue weighted by Crippen LogP contribution is 2.29. The fraction of sp³-hybridized carbons (Fsp3) is 0.727. The SMILES string of the molecule is Cc1c(N)c(=O)n(C2CCCCC2)n1C(O)(O)O.